The van der Waals surface area contributed by atoms with E-state index in [1.54, 1.807) is 0 Å². The number of nitrogens with zero attached hydrogens (tertiary/aromatic N) is 3. The molecule has 1 unspecified atom stereocenters. The first kappa shape index (κ1) is 16.3. The Hall–Kier alpha value is -2.60. The van der Waals surface area contributed by atoms with E-state index in [0.29, 0.717) is 12.5 Å². The molecule has 126 valence electrons. The highest BCUT2D eigenvalue weighted by atomic mass is 16.5. The molecule has 2 heterocycles. The zero-order chi connectivity index (χ0) is 16.8. The number of aliphatic imine (C=N–C) groups is 1. The molecule has 0 saturated carbocycles. The first-order chi connectivity index (χ1) is 11.7. The van der Waals surface area contributed by atoms with E-state index in [4.69, 9.17) is 10.5 Å². The van der Waals surface area contributed by atoms with E-state index in [0.717, 1.165) is 36.8 Å². The van der Waals surface area contributed by atoms with Gasteiger partial charge in [0.1, 0.15) is 5.82 Å². The van der Waals surface area contributed by atoms with Gasteiger partial charge < -0.3 is 20.7 Å². The largest absolute Gasteiger partial charge is 0.375 e. The zero-order valence-corrected chi connectivity index (χ0v) is 13.9. The molecule has 2 aromatic rings. The van der Waals surface area contributed by atoms with Crippen LogP contribution in [0.25, 0.3) is 0 Å². The second kappa shape index (κ2) is 7.79. The predicted molar refractivity (Wildman–Crippen MR) is 97.3 cm³/mol. The number of anilines is 2. The van der Waals surface area contributed by atoms with E-state index in [9.17, 15) is 0 Å². The number of nitrogens with two attached hydrogens (primary N) is 1. The number of morpholine rings is 1. The van der Waals surface area contributed by atoms with E-state index >= 15 is 0 Å². The van der Waals surface area contributed by atoms with E-state index in [2.05, 4.69) is 27.1 Å². The van der Waals surface area contributed by atoms with E-state index in [1.165, 1.54) is 0 Å². The van der Waals surface area contributed by atoms with Crippen LogP contribution in [-0.4, -0.2) is 36.7 Å². The lowest BCUT2D eigenvalue weighted by atomic mass is 10.2. The number of guanidine groups is 1. The SMILES string of the molecule is CC1CN(c2ccc(CN=C(N)Nc3ccccc3)cn2)CCO1. The number of ether oxygens (including phenoxy) is 1. The van der Waals surface area contributed by atoms with Crippen LogP contribution in [0.1, 0.15) is 12.5 Å². The molecule has 3 rings (SSSR count). The fraction of sp³-hybridized carbons (Fsp3) is 0.333. The van der Waals surface area contributed by atoms with Gasteiger partial charge in [0.25, 0.3) is 0 Å². The van der Waals surface area contributed by atoms with Gasteiger partial charge in [0, 0.05) is 25.0 Å². The first-order valence-corrected chi connectivity index (χ1v) is 8.14. The number of hydrogen-bond acceptors (Lipinski definition) is 4. The Labute approximate surface area is 142 Å². The predicted octanol–water partition coefficient (Wildman–Crippen LogP) is 2.23. The van der Waals surface area contributed by atoms with Crippen LogP contribution in [0.5, 0.6) is 0 Å². The number of rotatable bonds is 4. The lowest BCUT2D eigenvalue weighted by molar-refractivity contribution is 0.0529. The van der Waals surface area contributed by atoms with Crippen LogP contribution in [0, 0.1) is 0 Å². The average molecular weight is 325 g/mol. The van der Waals surface area contributed by atoms with E-state index < -0.39 is 0 Å². The molecule has 0 amide bonds. The zero-order valence-electron chi connectivity index (χ0n) is 13.9. The fourth-order valence-corrected chi connectivity index (χ4v) is 2.61. The molecule has 24 heavy (non-hydrogen) atoms. The summed E-state index contributed by atoms with van der Waals surface area (Å²) >= 11 is 0. The lowest BCUT2D eigenvalue weighted by Gasteiger charge is -2.32. The van der Waals surface area contributed by atoms with Gasteiger partial charge in [-0.3, -0.25) is 0 Å². The molecule has 1 aromatic heterocycles. The Morgan fingerprint density at radius 1 is 1.33 bits per heavy atom. The monoisotopic (exact) mass is 325 g/mol. The average Bonchev–Trinajstić information content (AvgIpc) is 2.61. The van der Waals surface area contributed by atoms with Crippen molar-refractivity contribution in [2.45, 2.75) is 19.6 Å². The van der Waals surface area contributed by atoms with Crippen molar-refractivity contribution in [1.29, 1.82) is 0 Å². The minimum absolute atomic E-state index is 0.244. The summed E-state index contributed by atoms with van der Waals surface area (Å²) in [4.78, 5) is 11.1. The van der Waals surface area contributed by atoms with Crippen molar-refractivity contribution >= 4 is 17.5 Å². The Kier molecular flexibility index (Phi) is 5.28. The molecule has 1 saturated heterocycles. The van der Waals surface area contributed by atoms with Crippen molar-refractivity contribution in [3.8, 4) is 0 Å². The first-order valence-electron chi connectivity index (χ1n) is 8.14. The third-order valence-corrected chi connectivity index (χ3v) is 3.85. The number of aromatic nitrogens is 1. The number of benzene rings is 1. The molecule has 0 radical (unpaired) electrons. The molecular formula is C18H23N5O. The molecule has 0 aliphatic carbocycles. The minimum atomic E-state index is 0.244. The van der Waals surface area contributed by atoms with E-state index in [1.807, 2.05) is 48.7 Å². The summed E-state index contributed by atoms with van der Waals surface area (Å²) in [5, 5.41) is 3.07. The van der Waals surface area contributed by atoms with Gasteiger partial charge in [-0.2, -0.15) is 0 Å². The van der Waals surface area contributed by atoms with Gasteiger partial charge in [-0.25, -0.2) is 9.98 Å². The molecule has 1 atom stereocenters. The third kappa shape index (κ3) is 4.45. The van der Waals surface area contributed by atoms with Crippen molar-refractivity contribution in [2.24, 2.45) is 10.7 Å². The maximum atomic E-state index is 5.91. The normalized spacial score (nSPS) is 18.5. The number of pyridine rings is 1. The highest BCUT2D eigenvalue weighted by molar-refractivity contribution is 5.92. The lowest BCUT2D eigenvalue weighted by Crippen LogP contribution is -2.41. The van der Waals surface area contributed by atoms with Gasteiger partial charge in [-0.05, 0) is 30.7 Å². The Bertz CT molecular complexity index is 672. The molecule has 1 fully saturated rings. The van der Waals surface area contributed by atoms with Gasteiger partial charge in [0.2, 0.25) is 0 Å². The van der Waals surface area contributed by atoms with Gasteiger partial charge in [0.15, 0.2) is 5.96 Å². The standard InChI is InChI=1S/C18H23N5O/c1-14-13-23(9-10-24-14)17-8-7-15(11-20-17)12-21-18(19)22-16-5-3-2-4-6-16/h2-8,11,14H,9-10,12-13H2,1H3,(H3,19,21,22). The fourth-order valence-electron chi connectivity index (χ4n) is 2.61. The molecule has 0 spiro atoms. The molecular weight excluding hydrogens is 302 g/mol. The molecule has 6 nitrogen and oxygen atoms in total. The molecule has 0 bridgehead atoms. The molecule has 1 aromatic carbocycles. The maximum absolute atomic E-state index is 5.91. The van der Waals surface area contributed by atoms with Gasteiger partial charge in [-0.15, -0.1) is 0 Å². The van der Waals surface area contributed by atoms with Crippen LogP contribution in [0.3, 0.4) is 0 Å². The number of nitrogens with one attached hydrogen (secondary N) is 1. The maximum Gasteiger partial charge on any atom is 0.193 e. The van der Waals surface area contributed by atoms with Crippen molar-refractivity contribution in [1.82, 2.24) is 4.98 Å². The smallest absolute Gasteiger partial charge is 0.193 e. The van der Waals surface area contributed by atoms with Crippen LogP contribution in [-0.2, 0) is 11.3 Å². The number of para-hydroxylation sites is 1. The van der Waals surface area contributed by atoms with Crippen LogP contribution < -0.4 is 16.0 Å². The molecule has 6 heteroatoms. The van der Waals surface area contributed by atoms with Crippen molar-refractivity contribution in [2.75, 3.05) is 29.9 Å². The Balaban J connectivity index is 1.56. The number of hydrogen-bond donors (Lipinski definition) is 2. The van der Waals surface area contributed by atoms with Crippen LogP contribution in [0.15, 0.2) is 53.7 Å². The summed E-state index contributed by atoms with van der Waals surface area (Å²) in [6, 6.07) is 13.8. The highest BCUT2D eigenvalue weighted by Crippen LogP contribution is 2.15. The Morgan fingerprint density at radius 3 is 2.88 bits per heavy atom. The highest BCUT2D eigenvalue weighted by Gasteiger charge is 2.17. The topological polar surface area (TPSA) is 75.8 Å². The van der Waals surface area contributed by atoms with E-state index in [-0.39, 0.29) is 6.10 Å². The third-order valence-electron chi connectivity index (χ3n) is 3.85. The summed E-state index contributed by atoms with van der Waals surface area (Å²) in [6.07, 6.45) is 2.10. The van der Waals surface area contributed by atoms with Crippen LogP contribution >= 0.6 is 0 Å². The molecule has 3 N–H and O–H groups in total. The van der Waals surface area contributed by atoms with Crippen molar-refractivity contribution in [3.63, 3.8) is 0 Å². The van der Waals surface area contributed by atoms with Gasteiger partial charge >= 0.3 is 0 Å². The quantitative estimate of drug-likeness (QED) is 0.666. The molecule has 1 aliphatic rings. The second-order valence-corrected chi connectivity index (χ2v) is 5.84. The van der Waals surface area contributed by atoms with Crippen molar-refractivity contribution < 1.29 is 4.74 Å². The second-order valence-electron chi connectivity index (χ2n) is 5.84. The summed E-state index contributed by atoms with van der Waals surface area (Å²) in [5.74, 6) is 1.38. The van der Waals surface area contributed by atoms with Crippen molar-refractivity contribution in [3.05, 3.63) is 54.2 Å². The summed E-state index contributed by atoms with van der Waals surface area (Å²) < 4.78 is 5.56. The summed E-state index contributed by atoms with van der Waals surface area (Å²) in [5.41, 5.74) is 7.86. The van der Waals surface area contributed by atoms with Crippen LogP contribution in [0.4, 0.5) is 11.5 Å². The summed E-state index contributed by atoms with van der Waals surface area (Å²) in [6.45, 7) is 5.08. The van der Waals surface area contributed by atoms with Crippen LogP contribution in [0.2, 0.25) is 0 Å². The molecule has 1 aliphatic heterocycles. The van der Waals surface area contributed by atoms with Gasteiger partial charge in [0.05, 0.1) is 19.3 Å². The summed E-state index contributed by atoms with van der Waals surface area (Å²) in [7, 11) is 0. The van der Waals surface area contributed by atoms with Gasteiger partial charge in [-0.1, -0.05) is 24.3 Å². The Morgan fingerprint density at radius 2 is 2.17 bits per heavy atom. The minimum Gasteiger partial charge on any atom is -0.375 e.